The van der Waals surface area contributed by atoms with Gasteiger partial charge < -0.3 is 24.5 Å². The number of rotatable bonds is 3. The molecule has 2 aliphatic rings. The summed E-state index contributed by atoms with van der Waals surface area (Å²) in [6.45, 7) is 8.94. The number of nitrogens with zero attached hydrogens (tertiary/aromatic N) is 4. The van der Waals surface area contributed by atoms with Crippen LogP contribution in [0.4, 0.5) is 16.3 Å². The number of benzene rings is 1. The van der Waals surface area contributed by atoms with E-state index in [1.54, 1.807) is 17.2 Å². The number of fused-ring (bicyclic) bond motifs is 1. The lowest BCUT2D eigenvalue weighted by Gasteiger charge is -2.36. The van der Waals surface area contributed by atoms with E-state index in [0.717, 1.165) is 41.2 Å². The molecule has 32 heavy (non-hydrogen) atoms. The molecule has 3 heterocycles. The maximum atomic E-state index is 12.3. The van der Waals surface area contributed by atoms with Gasteiger partial charge in [-0.05, 0) is 62.6 Å². The van der Waals surface area contributed by atoms with Gasteiger partial charge in [0, 0.05) is 57.2 Å². The molecule has 1 saturated heterocycles. The molecule has 2 aliphatic heterocycles. The molecule has 0 saturated carbocycles. The lowest BCUT2D eigenvalue weighted by atomic mass is 9.98. The third-order valence-electron chi connectivity index (χ3n) is 5.90. The van der Waals surface area contributed by atoms with Crippen molar-refractivity contribution >= 4 is 23.6 Å². The van der Waals surface area contributed by atoms with Gasteiger partial charge >= 0.3 is 12.1 Å². The predicted octanol–water partition coefficient (Wildman–Crippen LogP) is 3.50. The Bertz CT molecular complexity index is 1020. The summed E-state index contributed by atoms with van der Waals surface area (Å²) in [5.41, 5.74) is 3.47. The summed E-state index contributed by atoms with van der Waals surface area (Å²) in [7, 11) is 1.99. The zero-order valence-electron chi connectivity index (χ0n) is 19.1. The quantitative estimate of drug-likeness (QED) is 0.785. The number of hydrogen-bond donors (Lipinski definition) is 1. The number of carbonyl (C=O) groups is 2. The van der Waals surface area contributed by atoms with Crippen LogP contribution in [0.1, 0.15) is 36.7 Å². The zero-order valence-corrected chi connectivity index (χ0v) is 19.1. The number of hydrogen-bond acceptors (Lipinski definition) is 6. The predicted molar refractivity (Wildman–Crippen MR) is 124 cm³/mol. The maximum Gasteiger partial charge on any atom is 0.410 e. The first kappa shape index (κ1) is 21.9. The minimum absolute atomic E-state index is 0.281. The normalized spacial score (nSPS) is 16.2. The summed E-state index contributed by atoms with van der Waals surface area (Å²) in [6, 6.07) is 7.72. The first-order valence-corrected chi connectivity index (χ1v) is 10.9. The third-order valence-corrected chi connectivity index (χ3v) is 5.90. The fourth-order valence-corrected chi connectivity index (χ4v) is 4.21. The van der Waals surface area contributed by atoms with E-state index in [-0.39, 0.29) is 6.09 Å². The smallest absolute Gasteiger partial charge is 0.410 e. The Morgan fingerprint density at radius 2 is 1.75 bits per heavy atom. The number of piperazine rings is 1. The van der Waals surface area contributed by atoms with E-state index < -0.39 is 11.6 Å². The molecule has 0 bridgehead atoms. The number of amides is 1. The summed E-state index contributed by atoms with van der Waals surface area (Å²) in [5.74, 6) is -0.0554. The summed E-state index contributed by atoms with van der Waals surface area (Å²) < 4.78 is 5.46. The van der Waals surface area contributed by atoms with E-state index in [4.69, 9.17) is 4.74 Å². The number of likely N-dealkylation sites (N-methyl/N-ethyl adjacent to an activating group) is 1. The molecule has 8 nitrogen and oxygen atoms in total. The first-order chi connectivity index (χ1) is 15.1. The number of aromatic nitrogens is 1. The van der Waals surface area contributed by atoms with Gasteiger partial charge in [0.15, 0.2) is 0 Å². The van der Waals surface area contributed by atoms with E-state index in [9.17, 15) is 14.7 Å². The molecule has 1 N–H and O–H groups in total. The highest BCUT2D eigenvalue weighted by atomic mass is 16.6. The fraction of sp³-hybridized carbons (Fsp3) is 0.458. The van der Waals surface area contributed by atoms with Gasteiger partial charge in [-0.2, -0.15) is 0 Å². The monoisotopic (exact) mass is 438 g/mol. The molecule has 0 atom stereocenters. The Labute approximate surface area is 188 Å². The minimum Gasteiger partial charge on any atom is -0.478 e. The number of ether oxygens (including phenoxy) is 1. The second-order valence-electron chi connectivity index (χ2n) is 9.36. The number of carbonyl (C=O) groups excluding carboxylic acids is 1. The van der Waals surface area contributed by atoms with Crippen LogP contribution in [0.2, 0.25) is 0 Å². The minimum atomic E-state index is -0.897. The van der Waals surface area contributed by atoms with E-state index >= 15 is 0 Å². The number of carboxylic acids is 1. The van der Waals surface area contributed by atoms with Gasteiger partial charge in [-0.15, -0.1) is 0 Å². The standard InChI is InChI=1S/C24H30N4O4/c1-24(2,3)32-23(31)28-11-9-27(10-12-28)21-6-5-16(15-25-21)17-13-19(22(29)30)18-7-8-26(4)20(18)14-17/h5-6,13-15H,7-12H2,1-4H3,(H,29,30). The molecule has 0 radical (unpaired) electrons. The van der Waals surface area contributed by atoms with Crippen molar-refractivity contribution in [1.29, 1.82) is 0 Å². The van der Waals surface area contributed by atoms with Crippen LogP contribution in [0.5, 0.6) is 0 Å². The van der Waals surface area contributed by atoms with Crippen molar-refractivity contribution < 1.29 is 19.4 Å². The van der Waals surface area contributed by atoms with Crippen LogP contribution in [0, 0.1) is 0 Å². The van der Waals surface area contributed by atoms with E-state index in [2.05, 4.69) is 14.8 Å². The summed E-state index contributed by atoms with van der Waals surface area (Å²) in [4.78, 5) is 34.6. The maximum absolute atomic E-state index is 12.3. The first-order valence-electron chi connectivity index (χ1n) is 10.9. The Kier molecular flexibility index (Phi) is 5.71. The molecular formula is C24H30N4O4. The summed E-state index contributed by atoms with van der Waals surface area (Å²) in [5, 5.41) is 9.67. The van der Waals surface area contributed by atoms with Crippen LogP contribution < -0.4 is 9.80 Å². The van der Waals surface area contributed by atoms with Gasteiger partial charge in [0.1, 0.15) is 11.4 Å². The average Bonchev–Trinajstić information content (AvgIpc) is 3.13. The van der Waals surface area contributed by atoms with Gasteiger partial charge in [0.05, 0.1) is 5.56 Å². The summed E-state index contributed by atoms with van der Waals surface area (Å²) >= 11 is 0. The van der Waals surface area contributed by atoms with Crippen LogP contribution in [0.15, 0.2) is 30.5 Å². The Balaban J connectivity index is 1.47. The highest BCUT2D eigenvalue weighted by molar-refractivity contribution is 5.94. The SMILES string of the molecule is CN1CCc2c(C(=O)O)cc(-c3ccc(N4CCN(C(=O)OC(C)(C)C)CC4)nc3)cc21. The molecule has 2 aromatic rings. The molecule has 1 fully saturated rings. The number of pyridine rings is 1. The topological polar surface area (TPSA) is 86.2 Å². The lowest BCUT2D eigenvalue weighted by molar-refractivity contribution is 0.0240. The number of aromatic carboxylic acids is 1. The van der Waals surface area contributed by atoms with Crippen molar-refractivity contribution in [3.8, 4) is 11.1 Å². The number of anilines is 2. The van der Waals surface area contributed by atoms with Gasteiger partial charge in [0.25, 0.3) is 0 Å². The van der Waals surface area contributed by atoms with Gasteiger partial charge in [0.2, 0.25) is 0 Å². The highest BCUT2D eigenvalue weighted by Crippen LogP contribution is 2.35. The molecule has 8 heteroatoms. The van der Waals surface area contributed by atoms with E-state index in [0.29, 0.717) is 31.7 Å². The van der Waals surface area contributed by atoms with Crippen LogP contribution in [-0.4, -0.2) is 72.4 Å². The molecule has 170 valence electrons. The molecule has 1 aromatic heterocycles. The second kappa shape index (κ2) is 8.33. The number of carboxylic acid groups (broad SMARTS) is 1. The van der Waals surface area contributed by atoms with Gasteiger partial charge in [-0.3, -0.25) is 0 Å². The van der Waals surface area contributed by atoms with Crippen molar-refractivity contribution in [2.45, 2.75) is 32.8 Å². The van der Waals surface area contributed by atoms with Crippen LogP contribution in [0.25, 0.3) is 11.1 Å². The molecule has 1 amide bonds. The van der Waals surface area contributed by atoms with Gasteiger partial charge in [-0.25, -0.2) is 14.6 Å². The molecule has 0 unspecified atom stereocenters. The van der Waals surface area contributed by atoms with Crippen molar-refractivity contribution in [1.82, 2.24) is 9.88 Å². The average molecular weight is 439 g/mol. The highest BCUT2D eigenvalue weighted by Gasteiger charge is 2.27. The molecule has 0 aliphatic carbocycles. The van der Waals surface area contributed by atoms with Crippen LogP contribution >= 0.6 is 0 Å². The van der Waals surface area contributed by atoms with E-state index in [1.807, 2.05) is 46.0 Å². The molecule has 0 spiro atoms. The lowest BCUT2D eigenvalue weighted by Crippen LogP contribution is -2.50. The van der Waals surface area contributed by atoms with Crippen LogP contribution in [-0.2, 0) is 11.2 Å². The fourth-order valence-electron chi connectivity index (χ4n) is 4.21. The Morgan fingerprint density at radius 1 is 1.03 bits per heavy atom. The van der Waals surface area contributed by atoms with Crippen molar-refractivity contribution in [2.75, 3.05) is 49.6 Å². The largest absolute Gasteiger partial charge is 0.478 e. The van der Waals surface area contributed by atoms with Crippen molar-refractivity contribution in [3.63, 3.8) is 0 Å². The zero-order chi connectivity index (χ0) is 23.0. The summed E-state index contributed by atoms with van der Waals surface area (Å²) in [6.07, 6.45) is 2.26. The molecular weight excluding hydrogens is 408 g/mol. The van der Waals surface area contributed by atoms with Crippen molar-refractivity contribution in [2.24, 2.45) is 0 Å². The third kappa shape index (κ3) is 4.49. The Hall–Kier alpha value is -3.29. The van der Waals surface area contributed by atoms with Crippen molar-refractivity contribution in [3.05, 3.63) is 41.6 Å². The molecule has 1 aromatic carbocycles. The molecule has 4 rings (SSSR count). The van der Waals surface area contributed by atoms with E-state index in [1.165, 1.54) is 0 Å². The Morgan fingerprint density at radius 3 is 2.34 bits per heavy atom. The second-order valence-corrected chi connectivity index (χ2v) is 9.36. The van der Waals surface area contributed by atoms with Crippen LogP contribution in [0.3, 0.4) is 0 Å². The van der Waals surface area contributed by atoms with Gasteiger partial charge in [-0.1, -0.05) is 0 Å².